The predicted octanol–water partition coefficient (Wildman–Crippen LogP) is 2.66. The molecule has 35 heavy (non-hydrogen) atoms. The summed E-state index contributed by atoms with van der Waals surface area (Å²) in [5.74, 6) is 2.38. The summed E-state index contributed by atoms with van der Waals surface area (Å²) in [6, 6.07) is 7.03. The molecular weight excluding hydrogens is 438 g/mol. The minimum atomic E-state index is -0.720. The van der Waals surface area contributed by atoms with Crippen LogP contribution >= 0.6 is 0 Å². The molecule has 6 nitrogen and oxygen atoms in total. The minimum Gasteiger partial charge on any atom is -0.508 e. The number of amides is 1. The summed E-state index contributed by atoms with van der Waals surface area (Å²) in [5.41, 5.74) is 3.83. The number of hydrogen-bond acceptors (Lipinski definition) is 5. The molecule has 4 aliphatic carbocycles. The first-order valence-electron chi connectivity index (χ1n) is 13.7. The number of aliphatic hydroxyl groups is 1. The fraction of sp³-hybridized carbons (Fsp3) is 0.621. The molecule has 7 atom stereocenters. The largest absolute Gasteiger partial charge is 0.508 e. The van der Waals surface area contributed by atoms with Crippen LogP contribution in [0.4, 0.5) is 0 Å². The molecule has 4 bridgehead atoms. The van der Waals surface area contributed by atoms with Gasteiger partial charge in [0.25, 0.3) is 5.91 Å². The number of aliphatic hydroxyl groups excluding tert-OH is 1. The number of fused-ring (bicyclic) bond motifs is 1. The highest BCUT2D eigenvalue weighted by Gasteiger charge is 2.76. The highest BCUT2D eigenvalue weighted by molar-refractivity contribution is 5.97. The van der Waals surface area contributed by atoms with E-state index in [9.17, 15) is 15.0 Å². The summed E-state index contributed by atoms with van der Waals surface area (Å²) >= 11 is 0. The van der Waals surface area contributed by atoms with Crippen molar-refractivity contribution in [2.75, 3.05) is 19.6 Å². The second-order valence-corrected chi connectivity index (χ2v) is 12.5. The number of nitrogens with one attached hydrogen (secondary N) is 1. The number of rotatable bonds is 3. The van der Waals surface area contributed by atoms with E-state index < -0.39 is 6.23 Å². The van der Waals surface area contributed by atoms with Crippen LogP contribution in [0.25, 0.3) is 0 Å². The Morgan fingerprint density at radius 2 is 2.09 bits per heavy atom. The van der Waals surface area contributed by atoms with Crippen molar-refractivity contribution in [3.05, 3.63) is 53.3 Å². The molecule has 0 spiro atoms. The summed E-state index contributed by atoms with van der Waals surface area (Å²) < 4.78 is 0. The standard InChI is InChI=1S/C29H35N3O3/c33-21-5-3-18-11-24-28-8-7-23-26(29(28,22(18)12-21)9-10-31(24)15-17-1-2-17)20(13-28)16-32(23)27(35)19-4-6-25(34)30-14-19/h3-6,12,14,17,20,23-26,30,33-34H,1-2,7-11,13,15-16H2/t20-,23?,24?,25?,26?,28?,29?/m1/s1. The van der Waals surface area contributed by atoms with E-state index in [-0.39, 0.29) is 22.8 Å². The zero-order valence-corrected chi connectivity index (χ0v) is 20.2. The Hall–Kier alpha value is -2.31. The van der Waals surface area contributed by atoms with Crippen LogP contribution in [0.1, 0.15) is 49.7 Å². The van der Waals surface area contributed by atoms with Crippen molar-refractivity contribution in [2.45, 2.75) is 68.7 Å². The van der Waals surface area contributed by atoms with Crippen molar-refractivity contribution in [3.63, 3.8) is 0 Å². The Bertz CT molecular complexity index is 1170. The van der Waals surface area contributed by atoms with Crippen LogP contribution in [0, 0.1) is 23.2 Å². The SMILES string of the molecule is O=C(C1=CNC(O)C=C1)N1C[C@H]2CC34CCC1C2C31CCN(CC2CC2)C4Cc2ccc(O)cc21. The monoisotopic (exact) mass is 473 g/mol. The van der Waals surface area contributed by atoms with Crippen LogP contribution in [0.15, 0.2) is 42.1 Å². The van der Waals surface area contributed by atoms with E-state index in [1.165, 1.54) is 43.4 Å². The number of hydrogen-bond donors (Lipinski definition) is 3. The normalized spacial score (nSPS) is 42.8. The third-order valence-corrected chi connectivity index (χ3v) is 11.1. The zero-order valence-electron chi connectivity index (χ0n) is 20.2. The topological polar surface area (TPSA) is 76.0 Å². The number of aromatic hydroxyl groups is 1. The van der Waals surface area contributed by atoms with Gasteiger partial charge in [-0.3, -0.25) is 9.69 Å². The number of nitrogens with zero attached hydrogens (tertiary/aromatic N) is 2. The maximum atomic E-state index is 13.7. The lowest BCUT2D eigenvalue weighted by Crippen LogP contribution is -2.70. The van der Waals surface area contributed by atoms with E-state index in [4.69, 9.17) is 0 Å². The van der Waals surface area contributed by atoms with Crippen LogP contribution < -0.4 is 5.32 Å². The van der Waals surface area contributed by atoms with Crippen LogP contribution in [-0.4, -0.2) is 63.9 Å². The molecule has 0 radical (unpaired) electrons. The van der Waals surface area contributed by atoms with E-state index in [2.05, 4.69) is 27.2 Å². The van der Waals surface area contributed by atoms with Crippen LogP contribution in [0.5, 0.6) is 5.75 Å². The van der Waals surface area contributed by atoms with Crippen molar-refractivity contribution in [2.24, 2.45) is 23.2 Å². The average molecular weight is 474 g/mol. The number of carbonyl (C=O) groups is 1. The van der Waals surface area contributed by atoms with E-state index in [0.29, 0.717) is 29.2 Å². The van der Waals surface area contributed by atoms with Crippen LogP contribution in [0.2, 0.25) is 0 Å². The quantitative estimate of drug-likeness (QED) is 0.629. The predicted molar refractivity (Wildman–Crippen MR) is 131 cm³/mol. The summed E-state index contributed by atoms with van der Waals surface area (Å²) in [6.45, 7) is 3.26. The van der Waals surface area contributed by atoms with Crippen molar-refractivity contribution < 1.29 is 15.0 Å². The number of phenols is 1. The molecule has 1 aromatic rings. The maximum Gasteiger partial charge on any atom is 0.255 e. The second-order valence-electron chi connectivity index (χ2n) is 12.5. The first kappa shape index (κ1) is 20.8. The number of phenolic OH excluding ortho intramolecular Hbond substituents is 1. The molecular formula is C29H35N3O3. The summed E-state index contributed by atoms with van der Waals surface area (Å²) in [4.78, 5) is 18.7. The molecule has 5 fully saturated rings. The van der Waals surface area contributed by atoms with E-state index >= 15 is 0 Å². The van der Waals surface area contributed by atoms with Crippen molar-refractivity contribution in [3.8, 4) is 5.75 Å². The van der Waals surface area contributed by atoms with Gasteiger partial charge in [-0.05, 0) is 110 Å². The second kappa shape index (κ2) is 6.92. The number of likely N-dealkylation sites (tertiary alicyclic amines) is 2. The fourth-order valence-electron chi connectivity index (χ4n) is 9.95. The van der Waals surface area contributed by atoms with E-state index in [1.54, 1.807) is 18.4 Å². The zero-order chi connectivity index (χ0) is 23.5. The molecule has 1 aromatic carbocycles. The molecule has 7 aliphatic rings. The first-order chi connectivity index (χ1) is 17.0. The van der Waals surface area contributed by atoms with Gasteiger partial charge in [0.1, 0.15) is 12.0 Å². The molecule has 1 amide bonds. The third kappa shape index (κ3) is 2.60. The molecule has 6 unspecified atom stereocenters. The van der Waals surface area contributed by atoms with Gasteiger partial charge < -0.3 is 20.4 Å². The lowest BCUT2D eigenvalue weighted by atomic mass is 9.43. The van der Waals surface area contributed by atoms with Gasteiger partial charge in [0.15, 0.2) is 0 Å². The summed E-state index contributed by atoms with van der Waals surface area (Å²) in [5, 5.41) is 23.2. The van der Waals surface area contributed by atoms with Gasteiger partial charge in [-0.15, -0.1) is 0 Å². The third-order valence-electron chi connectivity index (χ3n) is 11.1. The highest BCUT2D eigenvalue weighted by atomic mass is 16.3. The Labute approximate surface area is 206 Å². The fourth-order valence-corrected chi connectivity index (χ4v) is 9.95. The average Bonchev–Trinajstić information content (AvgIpc) is 3.54. The summed E-state index contributed by atoms with van der Waals surface area (Å²) in [6.07, 6.45) is 12.9. The molecule has 0 aromatic heterocycles. The first-order valence-corrected chi connectivity index (χ1v) is 13.7. The van der Waals surface area contributed by atoms with Crippen molar-refractivity contribution in [1.29, 1.82) is 0 Å². The van der Waals surface area contributed by atoms with Gasteiger partial charge in [-0.2, -0.15) is 0 Å². The Morgan fingerprint density at radius 1 is 1.20 bits per heavy atom. The lowest BCUT2D eigenvalue weighted by Gasteiger charge is -2.66. The van der Waals surface area contributed by atoms with Crippen LogP contribution in [0.3, 0.4) is 0 Å². The van der Waals surface area contributed by atoms with E-state index in [0.717, 1.165) is 38.3 Å². The number of piperidine rings is 1. The van der Waals surface area contributed by atoms with E-state index in [1.807, 2.05) is 6.07 Å². The van der Waals surface area contributed by atoms with Gasteiger partial charge >= 0.3 is 0 Å². The molecule has 3 N–H and O–H groups in total. The number of benzene rings is 1. The molecule has 3 saturated carbocycles. The molecule has 6 heteroatoms. The van der Waals surface area contributed by atoms with Gasteiger partial charge in [0.2, 0.25) is 0 Å². The van der Waals surface area contributed by atoms with Crippen molar-refractivity contribution in [1.82, 2.24) is 15.1 Å². The molecule has 184 valence electrons. The van der Waals surface area contributed by atoms with Gasteiger partial charge in [0.05, 0.1) is 5.57 Å². The van der Waals surface area contributed by atoms with Gasteiger partial charge in [-0.25, -0.2) is 0 Å². The molecule has 2 saturated heterocycles. The molecule has 8 rings (SSSR count). The smallest absolute Gasteiger partial charge is 0.255 e. The Balaban J connectivity index is 1.22. The highest BCUT2D eigenvalue weighted by Crippen LogP contribution is 2.75. The maximum absolute atomic E-state index is 13.7. The minimum absolute atomic E-state index is 0.0673. The number of dihydropyridines is 1. The molecule has 3 aliphatic heterocycles. The van der Waals surface area contributed by atoms with Gasteiger partial charge in [-0.1, -0.05) is 6.07 Å². The van der Waals surface area contributed by atoms with Crippen LogP contribution in [-0.2, 0) is 16.6 Å². The lowest BCUT2D eigenvalue weighted by molar-refractivity contribution is -0.136. The van der Waals surface area contributed by atoms with Crippen molar-refractivity contribution >= 4 is 5.91 Å². The Morgan fingerprint density at radius 3 is 2.89 bits per heavy atom. The Kier molecular flexibility index (Phi) is 4.12. The summed E-state index contributed by atoms with van der Waals surface area (Å²) in [7, 11) is 0. The molecule has 3 heterocycles. The van der Waals surface area contributed by atoms with Gasteiger partial charge in [0, 0.05) is 36.8 Å². The number of carbonyl (C=O) groups excluding carboxylic acids is 1.